The van der Waals surface area contributed by atoms with E-state index < -0.39 is 0 Å². The topological polar surface area (TPSA) is 17.8 Å². The van der Waals surface area contributed by atoms with Crippen LogP contribution < -0.4 is 0 Å². The Morgan fingerprint density at radius 1 is 0.353 bits per heavy atom. The van der Waals surface area contributed by atoms with Crippen molar-refractivity contribution in [1.82, 2.24) is 9.55 Å². The van der Waals surface area contributed by atoms with Gasteiger partial charge in [-0.3, -0.25) is 4.57 Å². The molecule has 10 aromatic carbocycles. The molecule has 1 aromatic heterocycles. The van der Waals surface area contributed by atoms with Crippen molar-refractivity contribution >= 4 is 64.9 Å². The molecule has 0 fully saturated rings. The van der Waals surface area contributed by atoms with Crippen LogP contribution in [0.15, 0.2) is 182 Å². The molecule has 0 amide bonds. The fraction of sp³-hybridized carbons (Fsp3) is 0. The largest absolute Gasteiger partial charge is 0.292 e. The second kappa shape index (κ2) is 10.9. The van der Waals surface area contributed by atoms with Crippen LogP contribution in [0.5, 0.6) is 0 Å². The second-order valence-electron chi connectivity index (χ2n) is 13.6. The van der Waals surface area contributed by atoms with Crippen LogP contribution in [-0.2, 0) is 0 Å². The van der Waals surface area contributed by atoms with Crippen LogP contribution >= 0.6 is 0 Å². The monoisotopic (exact) mass is 646 g/mol. The van der Waals surface area contributed by atoms with Gasteiger partial charge in [-0.15, -0.1) is 0 Å². The molecule has 0 unspecified atom stereocenters. The van der Waals surface area contributed by atoms with Crippen LogP contribution in [0.2, 0.25) is 0 Å². The third-order valence-electron chi connectivity index (χ3n) is 10.6. The van der Waals surface area contributed by atoms with Crippen molar-refractivity contribution in [2.24, 2.45) is 0 Å². The Kier molecular flexibility index (Phi) is 5.99. The zero-order chi connectivity index (χ0) is 33.5. The summed E-state index contributed by atoms with van der Waals surface area (Å²) >= 11 is 0. The Morgan fingerprint density at radius 2 is 0.882 bits per heavy atom. The van der Waals surface area contributed by atoms with E-state index in [1.165, 1.54) is 76.1 Å². The summed E-state index contributed by atoms with van der Waals surface area (Å²) in [5.41, 5.74) is 9.26. The van der Waals surface area contributed by atoms with Crippen LogP contribution in [-0.4, -0.2) is 9.55 Å². The van der Waals surface area contributed by atoms with Crippen LogP contribution in [0.25, 0.3) is 104 Å². The number of rotatable bonds is 4. The average Bonchev–Trinajstić information content (AvgIpc) is 3.59. The van der Waals surface area contributed by atoms with Gasteiger partial charge >= 0.3 is 0 Å². The summed E-state index contributed by atoms with van der Waals surface area (Å²) in [4.78, 5) is 5.03. The van der Waals surface area contributed by atoms with Crippen molar-refractivity contribution in [3.05, 3.63) is 182 Å². The molecule has 11 rings (SSSR count). The minimum absolute atomic E-state index is 0.948. The van der Waals surface area contributed by atoms with Crippen LogP contribution in [0.3, 0.4) is 0 Å². The molecule has 0 aliphatic rings. The van der Waals surface area contributed by atoms with Crippen LogP contribution in [0.1, 0.15) is 0 Å². The van der Waals surface area contributed by atoms with E-state index in [1.807, 2.05) is 6.07 Å². The van der Waals surface area contributed by atoms with Gasteiger partial charge in [0.1, 0.15) is 5.82 Å². The SMILES string of the molecule is c1ccc(-c2nc3ccccc3n2-c2ccc(-c3cc4ccc5cc(-c6c7ccccc7cc7ccccc67)cc6ccc(c3)c4c56)cc2)cc1. The lowest BCUT2D eigenvalue weighted by molar-refractivity contribution is 1.10. The van der Waals surface area contributed by atoms with E-state index in [0.717, 1.165) is 28.1 Å². The maximum atomic E-state index is 5.03. The van der Waals surface area contributed by atoms with E-state index in [1.54, 1.807) is 0 Å². The first kappa shape index (κ1) is 28.1. The van der Waals surface area contributed by atoms with E-state index in [0.29, 0.717) is 0 Å². The van der Waals surface area contributed by atoms with E-state index in [2.05, 4.69) is 180 Å². The molecule has 0 saturated heterocycles. The second-order valence-corrected chi connectivity index (χ2v) is 13.6. The molecule has 11 aromatic rings. The maximum Gasteiger partial charge on any atom is 0.145 e. The lowest BCUT2D eigenvalue weighted by atomic mass is 9.87. The highest BCUT2D eigenvalue weighted by Crippen LogP contribution is 2.43. The Hall–Kier alpha value is -6.77. The Bertz CT molecular complexity index is 2990. The zero-order valence-corrected chi connectivity index (χ0v) is 27.7. The van der Waals surface area contributed by atoms with Gasteiger partial charge in [0.05, 0.1) is 11.0 Å². The first-order valence-corrected chi connectivity index (χ1v) is 17.5. The molecule has 1 heterocycles. The van der Waals surface area contributed by atoms with Gasteiger partial charge in [0, 0.05) is 11.3 Å². The third-order valence-corrected chi connectivity index (χ3v) is 10.6. The summed E-state index contributed by atoms with van der Waals surface area (Å²) in [6.45, 7) is 0. The predicted molar refractivity (Wildman–Crippen MR) is 216 cm³/mol. The van der Waals surface area contributed by atoms with Gasteiger partial charge in [-0.1, -0.05) is 127 Å². The number of fused-ring (bicyclic) bond motifs is 3. The van der Waals surface area contributed by atoms with E-state index in [-0.39, 0.29) is 0 Å². The highest BCUT2D eigenvalue weighted by molar-refractivity contribution is 6.25. The predicted octanol–water partition coefficient (Wildman–Crippen LogP) is 13.2. The van der Waals surface area contributed by atoms with Crippen LogP contribution in [0.4, 0.5) is 0 Å². The van der Waals surface area contributed by atoms with E-state index in [9.17, 15) is 0 Å². The zero-order valence-electron chi connectivity index (χ0n) is 27.7. The summed E-state index contributed by atoms with van der Waals surface area (Å²) in [6.07, 6.45) is 0. The molecule has 2 heteroatoms. The smallest absolute Gasteiger partial charge is 0.145 e. The van der Waals surface area contributed by atoms with Crippen molar-refractivity contribution < 1.29 is 0 Å². The third kappa shape index (κ3) is 4.33. The highest BCUT2D eigenvalue weighted by atomic mass is 15.1. The van der Waals surface area contributed by atoms with Crippen LogP contribution in [0, 0.1) is 0 Å². The number of nitrogens with zero attached hydrogens (tertiary/aromatic N) is 2. The molecule has 51 heavy (non-hydrogen) atoms. The average molecular weight is 647 g/mol. The number of para-hydroxylation sites is 2. The van der Waals surface area contributed by atoms with Gasteiger partial charge in [-0.2, -0.15) is 0 Å². The molecule has 0 N–H and O–H groups in total. The van der Waals surface area contributed by atoms with Gasteiger partial charge in [0.25, 0.3) is 0 Å². The van der Waals surface area contributed by atoms with Gasteiger partial charge in [0.15, 0.2) is 0 Å². The van der Waals surface area contributed by atoms with Crippen molar-refractivity contribution in [1.29, 1.82) is 0 Å². The summed E-state index contributed by atoms with van der Waals surface area (Å²) < 4.78 is 2.27. The number of aromatic nitrogens is 2. The fourth-order valence-electron chi connectivity index (χ4n) is 8.34. The number of benzene rings is 10. The molecule has 0 saturated carbocycles. The lowest BCUT2D eigenvalue weighted by Gasteiger charge is -2.17. The summed E-state index contributed by atoms with van der Waals surface area (Å²) in [5, 5.41) is 12.9. The van der Waals surface area contributed by atoms with Crippen molar-refractivity contribution in [2.45, 2.75) is 0 Å². The van der Waals surface area contributed by atoms with E-state index >= 15 is 0 Å². The fourth-order valence-corrected chi connectivity index (χ4v) is 8.34. The first-order chi connectivity index (χ1) is 25.3. The standard InChI is InChI=1S/C49H30N2/c1-2-10-32(11-3-1)49-50-44-16-8-9-17-45(44)51(49)41-24-22-31(23-25-41)39-27-35-18-20-37-29-40(30-38-21-19-36(28-39)46(35)47(37)38)48-42-14-6-4-12-33(42)26-34-13-5-7-15-43(34)48/h1-30H. The maximum absolute atomic E-state index is 5.03. The summed E-state index contributed by atoms with van der Waals surface area (Å²) in [5.74, 6) is 0.948. The minimum Gasteiger partial charge on any atom is -0.292 e. The number of hydrogen-bond donors (Lipinski definition) is 0. The van der Waals surface area contributed by atoms with Gasteiger partial charge in [-0.05, 0) is 131 Å². The quantitative estimate of drug-likeness (QED) is 0.137. The highest BCUT2D eigenvalue weighted by Gasteiger charge is 2.17. The van der Waals surface area contributed by atoms with Gasteiger partial charge < -0.3 is 0 Å². The molecular formula is C49H30N2. The summed E-state index contributed by atoms with van der Waals surface area (Å²) in [6, 6.07) is 66.3. The molecule has 236 valence electrons. The van der Waals surface area contributed by atoms with Crippen molar-refractivity contribution in [3.63, 3.8) is 0 Å². The Balaban J connectivity index is 1.03. The van der Waals surface area contributed by atoms with Gasteiger partial charge in [-0.25, -0.2) is 4.98 Å². The molecular weight excluding hydrogens is 617 g/mol. The molecule has 0 bridgehead atoms. The van der Waals surface area contributed by atoms with E-state index in [4.69, 9.17) is 4.98 Å². The lowest BCUT2D eigenvalue weighted by Crippen LogP contribution is -1.97. The Morgan fingerprint density at radius 3 is 1.51 bits per heavy atom. The molecule has 0 atom stereocenters. The Labute approximate surface area is 294 Å². The number of hydrogen-bond acceptors (Lipinski definition) is 1. The molecule has 0 radical (unpaired) electrons. The first-order valence-electron chi connectivity index (χ1n) is 17.5. The molecule has 0 aliphatic heterocycles. The number of imidazole rings is 1. The van der Waals surface area contributed by atoms with Crippen molar-refractivity contribution in [3.8, 4) is 39.3 Å². The summed E-state index contributed by atoms with van der Waals surface area (Å²) in [7, 11) is 0. The molecule has 0 aliphatic carbocycles. The molecule has 2 nitrogen and oxygen atoms in total. The minimum atomic E-state index is 0.948. The normalized spacial score (nSPS) is 11.9. The molecule has 0 spiro atoms. The van der Waals surface area contributed by atoms with Crippen molar-refractivity contribution in [2.75, 3.05) is 0 Å². The van der Waals surface area contributed by atoms with Gasteiger partial charge in [0.2, 0.25) is 0 Å².